The molecule has 3 nitrogen and oxygen atoms in total. The van der Waals surface area contributed by atoms with Crippen LogP contribution in [0.25, 0.3) is 0 Å². The van der Waals surface area contributed by atoms with Crippen molar-refractivity contribution in [1.29, 1.82) is 0 Å². The molecule has 3 unspecified atom stereocenters. The van der Waals surface area contributed by atoms with Gasteiger partial charge in [0.15, 0.2) is 5.78 Å². The molecule has 3 rings (SSSR count). The normalized spacial score (nSPS) is 25.0. The second kappa shape index (κ2) is 7.96. The fourth-order valence-corrected chi connectivity index (χ4v) is 4.44. The summed E-state index contributed by atoms with van der Waals surface area (Å²) in [5.41, 5.74) is 0.753. The number of Topliss-reactive ketones (excluding diaryl/α,β-unsaturated/α-hetero) is 1. The minimum absolute atomic E-state index is 0.0942. The van der Waals surface area contributed by atoms with Gasteiger partial charge in [-0.15, -0.1) is 0 Å². The van der Waals surface area contributed by atoms with Crippen molar-refractivity contribution in [2.75, 3.05) is 6.54 Å². The van der Waals surface area contributed by atoms with Crippen molar-refractivity contribution in [2.24, 2.45) is 11.8 Å². The van der Waals surface area contributed by atoms with Gasteiger partial charge in [-0.05, 0) is 38.0 Å². The average molecular weight is 327 g/mol. The number of amides is 1. The number of fused-ring (bicyclic) bond motifs is 1. The number of ketones is 1. The van der Waals surface area contributed by atoms with Crippen LogP contribution in [-0.2, 0) is 4.79 Å². The summed E-state index contributed by atoms with van der Waals surface area (Å²) in [5.74, 6) is 1.04. The van der Waals surface area contributed by atoms with Gasteiger partial charge < -0.3 is 4.90 Å². The van der Waals surface area contributed by atoms with Crippen LogP contribution in [0.5, 0.6) is 0 Å². The highest BCUT2D eigenvalue weighted by Gasteiger charge is 2.35. The van der Waals surface area contributed by atoms with E-state index in [-0.39, 0.29) is 17.6 Å². The molecule has 2 aliphatic rings. The van der Waals surface area contributed by atoms with E-state index in [1.807, 2.05) is 37.3 Å². The maximum absolute atomic E-state index is 12.7. The zero-order chi connectivity index (χ0) is 16.9. The molecule has 0 bridgehead atoms. The van der Waals surface area contributed by atoms with Gasteiger partial charge >= 0.3 is 0 Å². The van der Waals surface area contributed by atoms with Crippen molar-refractivity contribution in [3.05, 3.63) is 35.9 Å². The molecule has 0 N–H and O–H groups in total. The Labute approximate surface area is 145 Å². The van der Waals surface area contributed by atoms with Crippen LogP contribution >= 0.6 is 0 Å². The number of carbonyl (C=O) groups excluding carboxylic acids is 2. The summed E-state index contributed by atoms with van der Waals surface area (Å²) in [7, 11) is 0. The third kappa shape index (κ3) is 3.88. The second-order valence-electron chi connectivity index (χ2n) is 7.51. The molecule has 1 saturated heterocycles. The molecule has 3 atom stereocenters. The lowest BCUT2D eigenvalue weighted by atomic mass is 9.78. The van der Waals surface area contributed by atoms with Crippen molar-refractivity contribution >= 4 is 11.7 Å². The summed E-state index contributed by atoms with van der Waals surface area (Å²) in [6.07, 6.45) is 8.64. The molecule has 1 aromatic rings. The highest BCUT2D eigenvalue weighted by Crippen LogP contribution is 2.35. The van der Waals surface area contributed by atoms with Crippen LogP contribution in [0.2, 0.25) is 0 Å². The van der Waals surface area contributed by atoms with Gasteiger partial charge in [-0.3, -0.25) is 9.59 Å². The van der Waals surface area contributed by atoms with Crippen LogP contribution in [0.15, 0.2) is 30.3 Å². The summed E-state index contributed by atoms with van der Waals surface area (Å²) in [6.45, 7) is 2.86. The van der Waals surface area contributed by atoms with E-state index in [9.17, 15) is 9.59 Å². The zero-order valence-electron chi connectivity index (χ0n) is 14.7. The van der Waals surface area contributed by atoms with E-state index in [4.69, 9.17) is 0 Å². The molecule has 2 fully saturated rings. The molecule has 1 heterocycles. The minimum Gasteiger partial charge on any atom is -0.339 e. The largest absolute Gasteiger partial charge is 0.339 e. The van der Waals surface area contributed by atoms with E-state index in [0.29, 0.717) is 18.9 Å². The minimum atomic E-state index is -0.0942. The van der Waals surface area contributed by atoms with E-state index in [2.05, 4.69) is 4.90 Å². The molecule has 0 radical (unpaired) electrons. The zero-order valence-corrected chi connectivity index (χ0v) is 14.7. The van der Waals surface area contributed by atoms with Gasteiger partial charge in [0.2, 0.25) is 5.91 Å². The average Bonchev–Trinajstić information content (AvgIpc) is 2.65. The van der Waals surface area contributed by atoms with Crippen molar-refractivity contribution in [1.82, 2.24) is 4.90 Å². The molecule has 130 valence electrons. The molecule has 3 heteroatoms. The van der Waals surface area contributed by atoms with Crippen molar-refractivity contribution < 1.29 is 9.59 Å². The molecule has 1 aliphatic carbocycles. The number of benzene rings is 1. The fraction of sp³-hybridized carbons (Fsp3) is 0.619. The smallest absolute Gasteiger partial charge is 0.222 e. The number of carbonyl (C=O) groups is 2. The Morgan fingerprint density at radius 1 is 1.08 bits per heavy atom. The number of hydrogen-bond donors (Lipinski definition) is 0. The first kappa shape index (κ1) is 17.2. The maximum atomic E-state index is 12.7. The SMILES string of the molecule is CC(CCC(=O)N1CCCC2CCCCC21)C(=O)c1ccccc1. The highest BCUT2D eigenvalue weighted by atomic mass is 16.2. The van der Waals surface area contributed by atoms with Crippen LogP contribution in [-0.4, -0.2) is 29.2 Å². The number of hydrogen-bond acceptors (Lipinski definition) is 2. The summed E-state index contributed by atoms with van der Waals surface area (Å²) in [6, 6.07) is 9.89. The first-order valence-corrected chi connectivity index (χ1v) is 9.55. The van der Waals surface area contributed by atoms with Gasteiger partial charge in [0, 0.05) is 30.5 Å². The predicted molar refractivity (Wildman–Crippen MR) is 95.9 cm³/mol. The van der Waals surface area contributed by atoms with Gasteiger partial charge in [-0.2, -0.15) is 0 Å². The first-order valence-electron chi connectivity index (χ1n) is 9.55. The van der Waals surface area contributed by atoms with Gasteiger partial charge in [0.05, 0.1) is 0 Å². The van der Waals surface area contributed by atoms with Gasteiger partial charge in [-0.25, -0.2) is 0 Å². The maximum Gasteiger partial charge on any atom is 0.222 e. The lowest BCUT2D eigenvalue weighted by molar-refractivity contribution is -0.137. The van der Waals surface area contributed by atoms with Crippen LogP contribution in [0.4, 0.5) is 0 Å². The molecular weight excluding hydrogens is 298 g/mol. The fourth-order valence-electron chi connectivity index (χ4n) is 4.44. The molecule has 24 heavy (non-hydrogen) atoms. The summed E-state index contributed by atoms with van der Waals surface area (Å²) in [5, 5.41) is 0. The van der Waals surface area contributed by atoms with Crippen LogP contribution < -0.4 is 0 Å². The van der Waals surface area contributed by atoms with Crippen LogP contribution in [0.3, 0.4) is 0 Å². The summed E-state index contributed by atoms with van der Waals surface area (Å²) >= 11 is 0. The lowest BCUT2D eigenvalue weighted by Crippen LogP contribution is -2.49. The van der Waals surface area contributed by atoms with Crippen molar-refractivity contribution in [3.63, 3.8) is 0 Å². The van der Waals surface area contributed by atoms with E-state index in [1.165, 1.54) is 32.1 Å². The Hall–Kier alpha value is -1.64. The van der Waals surface area contributed by atoms with Gasteiger partial charge in [0.25, 0.3) is 0 Å². The molecule has 1 aliphatic heterocycles. The third-order valence-electron chi connectivity index (χ3n) is 5.86. The van der Waals surface area contributed by atoms with E-state index in [0.717, 1.165) is 24.4 Å². The highest BCUT2D eigenvalue weighted by molar-refractivity contribution is 5.97. The van der Waals surface area contributed by atoms with E-state index in [1.54, 1.807) is 0 Å². The van der Waals surface area contributed by atoms with E-state index < -0.39 is 0 Å². The Morgan fingerprint density at radius 3 is 2.58 bits per heavy atom. The Morgan fingerprint density at radius 2 is 1.79 bits per heavy atom. The lowest BCUT2D eigenvalue weighted by Gasteiger charge is -2.44. The van der Waals surface area contributed by atoms with Crippen LogP contribution in [0.1, 0.15) is 68.6 Å². The molecule has 1 amide bonds. The first-order chi connectivity index (χ1) is 11.7. The quantitative estimate of drug-likeness (QED) is 0.748. The molecule has 1 aromatic carbocycles. The summed E-state index contributed by atoms with van der Waals surface area (Å²) in [4.78, 5) is 27.3. The third-order valence-corrected chi connectivity index (χ3v) is 5.86. The van der Waals surface area contributed by atoms with E-state index >= 15 is 0 Å². The molecule has 1 saturated carbocycles. The molecular formula is C21H29NO2. The number of nitrogens with zero attached hydrogens (tertiary/aromatic N) is 1. The number of likely N-dealkylation sites (tertiary alicyclic amines) is 1. The summed E-state index contributed by atoms with van der Waals surface area (Å²) < 4.78 is 0. The van der Waals surface area contributed by atoms with Crippen molar-refractivity contribution in [3.8, 4) is 0 Å². The topological polar surface area (TPSA) is 37.4 Å². The van der Waals surface area contributed by atoms with Crippen LogP contribution in [0, 0.1) is 11.8 Å². The molecule has 0 aromatic heterocycles. The Kier molecular flexibility index (Phi) is 5.70. The molecule has 0 spiro atoms. The van der Waals surface area contributed by atoms with Gasteiger partial charge in [0.1, 0.15) is 0 Å². The Bertz CT molecular complexity index is 566. The predicted octanol–water partition coefficient (Wildman–Crippen LogP) is 4.47. The van der Waals surface area contributed by atoms with Gasteiger partial charge in [-0.1, -0.05) is 50.1 Å². The number of rotatable bonds is 5. The standard InChI is InChI=1S/C21H29NO2/c1-16(21(24)18-9-3-2-4-10-18)13-14-20(23)22-15-7-11-17-8-5-6-12-19(17)22/h2-4,9-10,16-17,19H,5-8,11-15H2,1H3. The Balaban J connectivity index is 1.54. The number of piperidine rings is 1. The van der Waals surface area contributed by atoms with Crippen molar-refractivity contribution in [2.45, 2.75) is 64.3 Å². The monoisotopic (exact) mass is 327 g/mol. The second-order valence-corrected chi connectivity index (χ2v) is 7.51.